The molecule has 2 rings (SSSR count). The van der Waals surface area contributed by atoms with E-state index in [1.54, 1.807) is 11.8 Å². The summed E-state index contributed by atoms with van der Waals surface area (Å²) < 4.78 is 0. The van der Waals surface area contributed by atoms with E-state index in [0.29, 0.717) is 16.5 Å². The molecule has 0 aliphatic carbocycles. The van der Waals surface area contributed by atoms with Crippen LogP contribution in [0.25, 0.3) is 0 Å². The van der Waals surface area contributed by atoms with Crippen molar-refractivity contribution in [1.82, 2.24) is 9.80 Å². The first kappa shape index (κ1) is 16.7. The highest BCUT2D eigenvalue weighted by Gasteiger charge is 2.24. The number of carbonyl (C=O) groups excluding carboxylic acids is 1. The van der Waals surface area contributed by atoms with Crippen LogP contribution < -0.4 is 0 Å². The summed E-state index contributed by atoms with van der Waals surface area (Å²) >= 11 is 7.82. The Hall–Kier alpha value is -0.710. The Morgan fingerprint density at radius 1 is 1.29 bits per heavy atom. The van der Waals surface area contributed by atoms with Crippen molar-refractivity contribution in [3.8, 4) is 0 Å². The van der Waals surface area contributed by atoms with Gasteiger partial charge in [0.05, 0.1) is 10.6 Å². The molecule has 0 N–H and O–H groups in total. The molecule has 1 heterocycles. The molecule has 3 nitrogen and oxygen atoms in total. The summed E-state index contributed by atoms with van der Waals surface area (Å²) in [6.45, 7) is 9.02. The zero-order valence-corrected chi connectivity index (χ0v) is 14.5. The van der Waals surface area contributed by atoms with E-state index < -0.39 is 0 Å². The number of thioether (sulfide) groups is 1. The molecule has 21 heavy (non-hydrogen) atoms. The highest BCUT2D eigenvalue weighted by molar-refractivity contribution is 7.98. The molecular formula is C16H23ClN2OS. The average molecular weight is 327 g/mol. The van der Waals surface area contributed by atoms with E-state index >= 15 is 0 Å². The first-order valence-corrected chi connectivity index (χ1v) is 8.96. The number of hydrogen-bond donors (Lipinski definition) is 0. The fourth-order valence-electron chi connectivity index (χ4n) is 2.62. The lowest BCUT2D eigenvalue weighted by Gasteiger charge is -2.35. The Kier molecular flexibility index (Phi) is 5.97. The molecule has 0 bridgehead atoms. The summed E-state index contributed by atoms with van der Waals surface area (Å²) in [5.41, 5.74) is 0.626. The van der Waals surface area contributed by atoms with Crippen molar-refractivity contribution in [2.45, 2.75) is 18.7 Å². The number of halogens is 1. The maximum Gasteiger partial charge on any atom is 0.255 e. The maximum absolute atomic E-state index is 12.6. The number of carbonyl (C=O) groups is 1. The van der Waals surface area contributed by atoms with Crippen LogP contribution in [0.2, 0.25) is 5.02 Å². The molecule has 0 aromatic heterocycles. The Bertz CT molecular complexity index is 499. The topological polar surface area (TPSA) is 23.6 Å². The van der Waals surface area contributed by atoms with E-state index in [0.717, 1.165) is 37.6 Å². The van der Waals surface area contributed by atoms with Crippen LogP contribution in [0, 0.1) is 5.92 Å². The molecule has 1 aromatic rings. The SMILES string of the molecule is CSc1ccc(Cl)c(C(=O)N2CCN(CC(C)C)CC2)c1. The Morgan fingerprint density at radius 2 is 1.95 bits per heavy atom. The van der Waals surface area contributed by atoms with Crippen molar-refractivity contribution >= 4 is 29.3 Å². The van der Waals surface area contributed by atoms with Crippen LogP contribution in [0.4, 0.5) is 0 Å². The molecule has 1 saturated heterocycles. The van der Waals surface area contributed by atoms with Crippen molar-refractivity contribution in [2.24, 2.45) is 5.92 Å². The van der Waals surface area contributed by atoms with Gasteiger partial charge in [0.25, 0.3) is 5.91 Å². The molecule has 0 spiro atoms. The second-order valence-corrected chi connectivity index (χ2v) is 7.12. The first-order chi connectivity index (χ1) is 10.0. The summed E-state index contributed by atoms with van der Waals surface area (Å²) in [4.78, 5) is 18.0. The highest BCUT2D eigenvalue weighted by atomic mass is 35.5. The van der Waals surface area contributed by atoms with Gasteiger partial charge in [-0.15, -0.1) is 11.8 Å². The van der Waals surface area contributed by atoms with Crippen molar-refractivity contribution in [3.05, 3.63) is 28.8 Å². The third-order valence-electron chi connectivity index (χ3n) is 3.69. The summed E-state index contributed by atoms with van der Waals surface area (Å²) in [6.07, 6.45) is 2.00. The fourth-order valence-corrected chi connectivity index (χ4v) is 3.25. The van der Waals surface area contributed by atoms with Gasteiger partial charge in [0.15, 0.2) is 0 Å². The van der Waals surface area contributed by atoms with Crippen LogP contribution in [0.3, 0.4) is 0 Å². The van der Waals surface area contributed by atoms with Gasteiger partial charge in [0.1, 0.15) is 0 Å². The minimum atomic E-state index is 0.0556. The molecule has 0 saturated carbocycles. The van der Waals surface area contributed by atoms with Crippen LogP contribution in [0.15, 0.2) is 23.1 Å². The van der Waals surface area contributed by atoms with E-state index in [1.807, 2.05) is 29.4 Å². The smallest absolute Gasteiger partial charge is 0.255 e. The largest absolute Gasteiger partial charge is 0.336 e. The lowest BCUT2D eigenvalue weighted by molar-refractivity contribution is 0.0623. The van der Waals surface area contributed by atoms with Gasteiger partial charge in [-0.3, -0.25) is 9.69 Å². The van der Waals surface area contributed by atoms with E-state index in [4.69, 9.17) is 11.6 Å². The molecule has 1 amide bonds. The Labute approximate surface area is 136 Å². The first-order valence-electron chi connectivity index (χ1n) is 7.36. The molecule has 0 unspecified atom stereocenters. The standard InChI is InChI=1S/C16H23ClN2OS/c1-12(2)11-18-6-8-19(9-7-18)16(20)14-10-13(21-3)4-5-15(14)17/h4-5,10,12H,6-9,11H2,1-3H3. The molecule has 1 aliphatic rings. The number of nitrogens with zero attached hydrogens (tertiary/aromatic N) is 2. The van der Waals surface area contributed by atoms with Gasteiger partial charge < -0.3 is 4.90 Å². The van der Waals surface area contributed by atoms with Crippen LogP contribution in [0.5, 0.6) is 0 Å². The molecule has 5 heteroatoms. The minimum absolute atomic E-state index is 0.0556. The van der Waals surface area contributed by atoms with Crippen molar-refractivity contribution in [2.75, 3.05) is 39.0 Å². The Morgan fingerprint density at radius 3 is 2.52 bits per heavy atom. The average Bonchev–Trinajstić information content (AvgIpc) is 2.47. The third-order valence-corrected chi connectivity index (χ3v) is 4.74. The number of hydrogen-bond acceptors (Lipinski definition) is 3. The number of benzene rings is 1. The molecule has 1 fully saturated rings. The second kappa shape index (κ2) is 7.52. The van der Waals surface area contributed by atoms with E-state index in [9.17, 15) is 4.79 Å². The molecule has 116 valence electrons. The Balaban J connectivity index is 2.02. The van der Waals surface area contributed by atoms with Crippen LogP contribution in [0.1, 0.15) is 24.2 Å². The predicted octanol–water partition coefficient (Wildman–Crippen LogP) is 3.48. The monoisotopic (exact) mass is 326 g/mol. The summed E-state index contributed by atoms with van der Waals surface area (Å²) in [5, 5.41) is 0.544. The molecule has 1 aliphatic heterocycles. The molecule has 1 aromatic carbocycles. The zero-order chi connectivity index (χ0) is 15.4. The van der Waals surface area contributed by atoms with Crippen LogP contribution >= 0.6 is 23.4 Å². The van der Waals surface area contributed by atoms with Crippen molar-refractivity contribution < 1.29 is 4.79 Å². The fraction of sp³-hybridized carbons (Fsp3) is 0.562. The summed E-state index contributed by atoms with van der Waals surface area (Å²) in [7, 11) is 0. The van der Waals surface area contributed by atoms with E-state index in [2.05, 4.69) is 18.7 Å². The summed E-state index contributed by atoms with van der Waals surface area (Å²) in [5.74, 6) is 0.722. The lowest BCUT2D eigenvalue weighted by Crippen LogP contribution is -2.49. The maximum atomic E-state index is 12.6. The van der Waals surface area contributed by atoms with Gasteiger partial charge in [-0.2, -0.15) is 0 Å². The lowest BCUT2D eigenvalue weighted by atomic mass is 10.1. The quantitative estimate of drug-likeness (QED) is 0.791. The zero-order valence-electron chi connectivity index (χ0n) is 12.9. The van der Waals surface area contributed by atoms with Gasteiger partial charge in [0.2, 0.25) is 0 Å². The normalized spacial score (nSPS) is 16.5. The number of amides is 1. The van der Waals surface area contributed by atoms with Crippen LogP contribution in [-0.4, -0.2) is 54.7 Å². The van der Waals surface area contributed by atoms with E-state index in [-0.39, 0.29) is 5.91 Å². The number of rotatable bonds is 4. The predicted molar refractivity (Wildman–Crippen MR) is 90.4 cm³/mol. The highest BCUT2D eigenvalue weighted by Crippen LogP contribution is 2.24. The molecular weight excluding hydrogens is 304 g/mol. The van der Waals surface area contributed by atoms with Gasteiger partial charge in [-0.25, -0.2) is 0 Å². The minimum Gasteiger partial charge on any atom is -0.336 e. The van der Waals surface area contributed by atoms with Crippen molar-refractivity contribution in [3.63, 3.8) is 0 Å². The second-order valence-electron chi connectivity index (χ2n) is 5.83. The molecule has 0 atom stereocenters. The third kappa shape index (κ3) is 4.38. The van der Waals surface area contributed by atoms with Crippen LogP contribution in [-0.2, 0) is 0 Å². The van der Waals surface area contributed by atoms with Gasteiger partial charge in [-0.1, -0.05) is 25.4 Å². The summed E-state index contributed by atoms with van der Waals surface area (Å²) in [6, 6.07) is 5.66. The van der Waals surface area contributed by atoms with Crippen molar-refractivity contribution in [1.29, 1.82) is 0 Å². The molecule has 0 radical (unpaired) electrons. The van der Waals surface area contributed by atoms with E-state index in [1.165, 1.54) is 0 Å². The van der Waals surface area contributed by atoms with Gasteiger partial charge in [-0.05, 0) is 30.4 Å². The van der Waals surface area contributed by atoms with Gasteiger partial charge in [0, 0.05) is 37.6 Å². The van der Waals surface area contributed by atoms with Gasteiger partial charge >= 0.3 is 0 Å². The number of piperazine rings is 1.